The average molecular weight is 299 g/mol. The van der Waals surface area contributed by atoms with Crippen LogP contribution >= 0.6 is 11.3 Å². The van der Waals surface area contributed by atoms with Crippen molar-refractivity contribution in [2.24, 2.45) is 0 Å². The highest BCUT2D eigenvalue weighted by atomic mass is 32.1. The van der Waals surface area contributed by atoms with Crippen molar-refractivity contribution in [3.05, 3.63) is 35.2 Å². The van der Waals surface area contributed by atoms with Crippen LogP contribution in [0.1, 0.15) is 11.8 Å². The van der Waals surface area contributed by atoms with E-state index in [0.29, 0.717) is 0 Å². The number of ether oxygens (including phenoxy) is 1. The molecule has 4 nitrogen and oxygen atoms in total. The zero-order valence-corrected chi connectivity index (χ0v) is 13.1. The molecule has 5 heteroatoms. The summed E-state index contributed by atoms with van der Waals surface area (Å²) in [6.45, 7) is 2.15. The largest absolute Gasteiger partial charge is 0.497 e. The first-order chi connectivity index (χ1) is 10.2. The highest BCUT2D eigenvalue weighted by Crippen LogP contribution is 2.32. The predicted octanol–water partition coefficient (Wildman–Crippen LogP) is 3.97. The highest BCUT2D eigenvalue weighted by Gasteiger charge is 2.12. The van der Waals surface area contributed by atoms with Crippen molar-refractivity contribution in [2.45, 2.75) is 13.3 Å². The Morgan fingerprint density at radius 1 is 1.24 bits per heavy atom. The number of benzene rings is 1. The van der Waals surface area contributed by atoms with Crippen LogP contribution in [0.3, 0.4) is 0 Å². The second kappa shape index (κ2) is 5.69. The standard InChI is InChI=1S/C16H17N3OS/c1-4-12-9-13-15(17-2)18-14(19-16(13)21-12)10-6-5-7-11(8-10)20-3/h5-9H,4H2,1-3H3,(H,17,18,19). The van der Waals surface area contributed by atoms with Crippen LogP contribution in [0.15, 0.2) is 30.3 Å². The lowest BCUT2D eigenvalue weighted by Gasteiger charge is -2.06. The van der Waals surface area contributed by atoms with Gasteiger partial charge in [-0.25, -0.2) is 9.97 Å². The van der Waals surface area contributed by atoms with E-state index < -0.39 is 0 Å². The van der Waals surface area contributed by atoms with Crippen LogP contribution in [0, 0.1) is 0 Å². The van der Waals surface area contributed by atoms with Crippen LogP contribution in [0.4, 0.5) is 5.82 Å². The second-order valence-electron chi connectivity index (χ2n) is 4.66. The molecule has 0 atom stereocenters. The van der Waals surface area contributed by atoms with Crippen LogP contribution in [0.5, 0.6) is 5.75 Å². The van der Waals surface area contributed by atoms with Crippen molar-refractivity contribution in [3.8, 4) is 17.1 Å². The van der Waals surface area contributed by atoms with Gasteiger partial charge < -0.3 is 10.1 Å². The van der Waals surface area contributed by atoms with Crippen molar-refractivity contribution in [3.63, 3.8) is 0 Å². The zero-order chi connectivity index (χ0) is 14.8. The Bertz CT molecular complexity index is 782. The summed E-state index contributed by atoms with van der Waals surface area (Å²) in [6.07, 6.45) is 1.01. The van der Waals surface area contributed by atoms with E-state index in [0.717, 1.165) is 39.6 Å². The summed E-state index contributed by atoms with van der Waals surface area (Å²) in [6, 6.07) is 9.99. The van der Waals surface area contributed by atoms with Crippen molar-refractivity contribution in [1.82, 2.24) is 9.97 Å². The second-order valence-corrected chi connectivity index (χ2v) is 5.78. The van der Waals surface area contributed by atoms with Crippen molar-refractivity contribution < 1.29 is 4.74 Å². The maximum absolute atomic E-state index is 5.27. The fourth-order valence-electron chi connectivity index (χ4n) is 2.23. The SMILES string of the molecule is CCc1cc2c(NC)nc(-c3cccc(OC)c3)nc2s1. The first kappa shape index (κ1) is 13.8. The average Bonchev–Trinajstić information content (AvgIpc) is 2.97. The fraction of sp³-hybridized carbons (Fsp3) is 0.250. The van der Waals surface area contributed by atoms with E-state index in [1.165, 1.54) is 4.88 Å². The number of rotatable bonds is 4. The van der Waals surface area contributed by atoms with E-state index in [1.807, 2.05) is 31.3 Å². The van der Waals surface area contributed by atoms with Crippen LogP contribution in [0.25, 0.3) is 21.6 Å². The first-order valence-electron chi connectivity index (χ1n) is 6.87. The third-order valence-electron chi connectivity index (χ3n) is 3.36. The Morgan fingerprint density at radius 3 is 2.81 bits per heavy atom. The van der Waals surface area contributed by atoms with Crippen molar-refractivity contribution in [2.75, 3.05) is 19.5 Å². The molecule has 0 bridgehead atoms. The number of hydrogen-bond donors (Lipinski definition) is 1. The number of aromatic nitrogens is 2. The van der Waals surface area contributed by atoms with Gasteiger partial charge in [0.1, 0.15) is 16.4 Å². The molecule has 21 heavy (non-hydrogen) atoms. The molecule has 3 aromatic rings. The quantitative estimate of drug-likeness (QED) is 0.792. The Balaban J connectivity index is 2.18. The highest BCUT2D eigenvalue weighted by molar-refractivity contribution is 7.18. The lowest BCUT2D eigenvalue weighted by molar-refractivity contribution is 0.415. The maximum Gasteiger partial charge on any atom is 0.163 e. The fourth-order valence-corrected chi connectivity index (χ4v) is 3.19. The third kappa shape index (κ3) is 2.56. The molecule has 2 heterocycles. The number of thiophene rings is 1. The summed E-state index contributed by atoms with van der Waals surface area (Å²) in [5.41, 5.74) is 0.958. The van der Waals surface area contributed by atoms with E-state index >= 15 is 0 Å². The van der Waals surface area contributed by atoms with Crippen LogP contribution in [0.2, 0.25) is 0 Å². The molecule has 0 saturated heterocycles. The predicted molar refractivity (Wildman–Crippen MR) is 88.3 cm³/mol. The van der Waals surface area contributed by atoms with Gasteiger partial charge in [-0.2, -0.15) is 0 Å². The van der Waals surface area contributed by atoms with Gasteiger partial charge in [0, 0.05) is 17.5 Å². The molecular formula is C16H17N3OS. The lowest BCUT2D eigenvalue weighted by Crippen LogP contribution is -1.97. The molecular weight excluding hydrogens is 282 g/mol. The summed E-state index contributed by atoms with van der Waals surface area (Å²) in [5, 5.41) is 4.26. The minimum absolute atomic E-state index is 0.718. The molecule has 3 rings (SSSR count). The van der Waals surface area contributed by atoms with Crippen molar-refractivity contribution >= 4 is 27.4 Å². The van der Waals surface area contributed by atoms with E-state index in [2.05, 4.69) is 23.3 Å². The molecule has 0 aliphatic rings. The van der Waals surface area contributed by atoms with Crippen LogP contribution in [-0.4, -0.2) is 24.1 Å². The molecule has 1 N–H and O–H groups in total. The number of methoxy groups -OCH3 is 1. The molecule has 1 aromatic carbocycles. The molecule has 0 spiro atoms. The Morgan fingerprint density at radius 2 is 2.10 bits per heavy atom. The first-order valence-corrected chi connectivity index (χ1v) is 7.69. The number of anilines is 1. The van der Waals surface area contributed by atoms with E-state index in [9.17, 15) is 0 Å². The van der Waals surface area contributed by atoms with Gasteiger partial charge in [0.05, 0.1) is 12.5 Å². The van der Waals surface area contributed by atoms with Crippen LogP contribution in [-0.2, 0) is 6.42 Å². The molecule has 0 fully saturated rings. The van der Waals surface area contributed by atoms with Gasteiger partial charge in [0.2, 0.25) is 0 Å². The molecule has 0 aliphatic carbocycles. The van der Waals surface area contributed by atoms with Gasteiger partial charge in [0.15, 0.2) is 5.82 Å². The minimum atomic E-state index is 0.718. The number of nitrogens with zero attached hydrogens (tertiary/aromatic N) is 2. The monoisotopic (exact) mass is 299 g/mol. The van der Waals surface area contributed by atoms with E-state index in [1.54, 1.807) is 18.4 Å². The lowest BCUT2D eigenvalue weighted by atomic mass is 10.2. The van der Waals surface area contributed by atoms with Gasteiger partial charge >= 0.3 is 0 Å². The summed E-state index contributed by atoms with van der Waals surface area (Å²) < 4.78 is 5.27. The molecule has 0 radical (unpaired) electrons. The molecule has 0 aliphatic heterocycles. The minimum Gasteiger partial charge on any atom is -0.497 e. The maximum atomic E-state index is 5.27. The molecule has 0 amide bonds. The van der Waals surface area contributed by atoms with E-state index in [4.69, 9.17) is 9.72 Å². The Hall–Kier alpha value is -2.14. The van der Waals surface area contributed by atoms with Crippen molar-refractivity contribution in [1.29, 1.82) is 0 Å². The third-order valence-corrected chi connectivity index (χ3v) is 4.53. The molecule has 2 aromatic heterocycles. The Kier molecular flexibility index (Phi) is 3.75. The summed E-state index contributed by atoms with van der Waals surface area (Å²) in [4.78, 5) is 11.7. The summed E-state index contributed by atoms with van der Waals surface area (Å²) >= 11 is 1.72. The molecule has 0 saturated carbocycles. The van der Waals surface area contributed by atoms with E-state index in [-0.39, 0.29) is 0 Å². The topological polar surface area (TPSA) is 47.0 Å². The number of nitrogens with one attached hydrogen (secondary N) is 1. The summed E-state index contributed by atoms with van der Waals surface area (Å²) in [7, 11) is 3.55. The summed E-state index contributed by atoms with van der Waals surface area (Å²) in [5.74, 6) is 2.40. The number of fused-ring (bicyclic) bond motifs is 1. The van der Waals surface area contributed by atoms with Gasteiger partial charge in [-0.3, -0.25) is 0 Å². The molecule has 108 valence electrons. The molecule has 0 unspecified atom stereocenters. The van der Waals surface area contributed by atoms with Gasteiger partial charge in [0.25, 0.3) is 0 Å². The Labute approximate surface area is 127 Å². The number of aryl methyl sites for hydroxylation is 1. The smallest absolute Gasteiger partial charge is 0.163 e. The number of hydrogen-bond acceptors (Lipinski definition) is 5. The zero-order valence-electron chi connectivity index (χ0n) is 12.3. The van der Waals surface area contributed by atoms with Gasteiger partial charge in [-0.05, 0) is 24.6 Å². The normalized spacial score (nSPS) is 10.8. The van der Waals surface area contributed by atoms with Gasteiger partial charge in [-0.15, -0.1) is 11.3 Å². The van der Waals surface area contributed by atoms with Crippen LogP contribution < -0.4 is 10.1 Å². The van der Waals surface area contributed by atoms with Gasteiger partial charge in [-0.1, -0.05) is 19.1 Å².